The second kappa shape index (κ2) is 6.01. The quantitative estimate of drug-likeness (QED) is 0.717. The van der Waals surface area contributed by atoms with Crippen molar-refractivity contribution in [3.05, 3.63) is 60.7 Å². The smallest absolute Gasteiger partial charge is 0.170 e. The highest BCUT2D eigenvalue weighted by atomic mass is 15.2. The van der Waals surface area contributed by atoms with Gasteiger partial charge in [0.15, 0.2) is 23.1 Å². The van der Waals surface area contributed by atoms with Gasteiger partial charge in [-0.05, 0) is 12.1 Å². The third-order valence-corrected chi connectivity index (χ3v) is 2.99. The molecule has 0 bridgehead atoms. The van der Waals surface area contributed by atoms with E-state index in [1.807, 2.05) is 60.7 Å². The minimum absolute atomic E-state index is 0.200. The van der Waals surface area contributed by atoms with Gasteiger partial charge in [-0.15, -0.1) is 5.11 Å². The van der Waals surface area contributed by atoms with Crippen LogP contribution in [0.1, 0.15) is 0 Å². The highest BCUT2D eigenvalue weighted by molar-refractivity contribution is 5.73. The van der Waals surface area contributed by atoms with E-state index >= 15 is 0 Å². The first kappa shape index (κ1) is 13.7. The number of rotatable bonds is 3. The van der Waals surface area contributed by atoms with Crippen molar-refractivity contribution in [1.29, 1.82) is 0 Å². The van der Waals surface area contributed by atoms with Crippen molar-refractivity contribution in [3.63, 3.8) is 0 Å². The number of aromatic nitrogens is 2. The molecule has 4 N–H and O–H groups in total. The van der Waals surface area contributed by atoms with Crippen LogP contribution in [0.5, 0.6) is 0 Å². The van der Waals surface area contributed by atoms with Crippen LogP contribution in [-0.4, -0.2) is 9.97 Å². The van der Waals surface area contributed by atoms with Gasteiger partial charge in [-0.1, -0.05) is 48.5 Å². The molecule has 22 heavy (non-hydrogen) atoms. The molecule has 3 rings (SSSR count). The van der Waals surface area contributed by atoms with E-state index in [4.69, 9.17) is 11.5 Å². The monoisotopic (exact) mass is 290 g/mol. The van der Waals surface area contributed by atoms with Crippen molar-refractivity contribution in [2.45, 2.75) is 0 Å². The molecular weight excluding hydrogens is 276 g/mol. The van der Waals surface area contributed by atoms with Crippen LogP contribution in [0.4, 0.5) is 23.0 Å². The van der Waals surface area contributed by atoms with Crippen LogP contribution in [0.25, 0.3) is 11.4 Å². The number of azo groups is 1. The van der Waals surface area contributed by atoms with Crippen LogP contribution in [0.2, 0.25) is 0 Å². The third kappa shape index (κ3) is 2.90. The second-order valence-electron chi connectivity index (χ2n) is 4.57. The number of benzene rings is 2. The maximum atomic E-state index is 5.94. The Balaban J connectivity index is 1.95. The lowest BCUT2D eigenvalue weighted by Gasteiger charge is -2.06. The molecule has 1 heterocycles. The lowest BCUT2D eigenvalue weighted by atomic mass is 10.2. The molecule has 1 aromatic heterocycles. The average Bonchev–Trinajstić information content (AvgIpc) is 2.56. The van der Waals surface area contributed by atoms with Crippen molar-refractivity contribution >= 4 is 23.0 Å². The van der Waals surface area contributed by atoms with Gasteiger partial charge in [0.25, 0.3) is 0 Å². The Bertz CT molecular complexity index is 776. The largest absolute Gasteiger partial charge is 0.382 e. The van der Waals surface area contributed by atoms with E-state index in [2.05, 4.69) is 20.2 Å². The molecule has 0 spiro atoms. The first-order valence-electron chi connectivity index (χ1n) is 6.69. The zero-order chi connectivity index (χ0) is 15.4. The Kier molecular flexibility index (Phi) is 3.74. The summed E-state index contributed by atoms with van der Waals surface area (Å²) < 4.78 is 0. The second-order valence-corrected chi connectivity index (χ2v) is 4.57. The highest BCUT2D eigenvalue weighted by Crippen LogP contribution is 2.30. The molecule has 6 nitrogen and oxygen atoms in total. The third-order valence-electron chi connectivity index (χ3n) is 2.99. The van der Waals surface area contributed by atoms with Gasteiger partial charge in [0.1, 0.15) is 0 Å². The SMILES string of the molecule is Nc1nc(-c2ccccc2)nc(N)c1N=Nc1ccccc1. The summed E-state index contributed by atoms with van der Waals surface area (Å²) in [4.78, 5) is 8.50. The van der Waals surface area contributed by atoms with Crippen LogP contribution >= 0.6 is 0 Å². The van der Waals surface area contributed by atoms with Crippen LogP contribution < -0.4 is 11.5 Å². The summed E-state index contributed by atoms with van der Waals surface area (Å²) in [6.45, 7) is 0. The van der Waals surface area contributed by atoms with Crippen molar-refractivity contribution in [2.24, 2.45) is 10.2 Å². The maximum absolute atomic E-state index is 5.94. The molecular formula is C16H14N6. The van der Waals surface area contributed by atoms with E-state index < -0.39 is 0 Å². The van der Waals surface area contributed by atoms with Gasteiger partial charge in [-0.25, -0.2) is 9.97 Å². The summed E-state index contributed by atoms with van der Waals surface area (Å²) >= 11 is 0. The van der Waals surface area contributed by atoms with Crippen molar-refractivity contribution in [3.8, 4) is 11.4 Å². The Morgan fingerprint density at radius 3 is 1.82 bits per heavy atom. The zero-order valence-electron chi connectivity index (χ0n) is 11.7. The molecule has 0 saturated carbocycles. The molecule has 0 fully saturated rings. The van der Waals surface area contributed by atoms with Crippen LogP contribution in [0, 0.1) is 0 Å². The molecule has 0 aliphatic heterocycles. The molecule has 0 aliphatic carbocycles. The summed E-state index contributed by atoms with van der Waals surface area (Å²) in [5.74, 6) is 0.867. The van der Waals surface area contributed by atoms with Gasteiger partial charge in [0, 0.05) is 5.56 Å². The fourth-order valence-corrected chi connectivity index (χ4v) is 1.91. The van der Waals surface area contributed by atoms with E-state index in [0.29, 0.717) is 11.5 Å². The average molecular weight is 290 g/mol. The van der Waals surface area contributed by atoms with Crippen molar-refractivity contribution in [1.82, 2.24) is 9.97 Å². The molecule has 2 aromatic carbocycles. The number of hydrogen-bond acceptors (Lipinski definition) is 6. The summed E-state index contributed by atoms with van der Waals surface area (Å²) in [7, 11) is 0. The number of nitrogens with two attached hydrogens (primary N) is 2. The molecule has 0 unspecified atom stereocenters. The van der Waals surface area contributed by atoms with Gasteiger partial charge < -0.3 is 11.5 Å². The zero-order valence-corrected chi connectivity index (χ0v) is 11.7. The lowest BCUT2D eigenvalue weighted by molar-refractivity contribution is 1.14. The van der Waals surface area contributed by atoms with Gasteiger partial charge in [0.05, 0.1) is 5.69 Å². The lowest BCUT2D eigenvalue weighted by Crippen LogP contribution is -2.01. The summed E-state index contributed by atoms with van der Waals surface area (Å²) in [5.41, 5.74) is 13.7. The maximum Gasteiger partial charge on any atom is 0.170 e. The first-order chi connectivity index (χ1) is 10.7. The van der Waals surface area contributed by atoms with E-state index in [-0.39, 0.29) is 17.3 Å². The van der Waals surface area contributed by atoms with Gasteiger partial charge >= 0.3 is 0 Å². The van der Waals surface area contributed by atoms with Gasteiger partial charge in [-0.2, -0.15) is 5.11 Å². The van der Waals surface area contributed by atoms with E-state index in [0.717, 1.165) is 5.56 Å². The molecule has 0 radical (unpaired) electrons. The Labute approximate surface area is 127 Å². The van der Waals surface area contributed by atoms with E-state index in [1.54, 1.807) is 0 Å². The summed E-state index contributed by atoms with van der Waals surface area (Å²) in [6.07, 6.45) is 0. The first-order valence-corrected chi connectivity index (χ1v) is 6.69. The predicted molar refractivity (Wildman–Crippen MR) is 86.9 cm³/mol. The molecule has 3 aromatic rings. The van der Waals surface area contributed by atoms with Crippen LogP contribution in [-0.2, 0) is 0 Å². The highest BCUT2D eigenvalue weighted by Gasteiger charge is 2.11. The Morgan fingerprint density at radius 2 is 1.23 bits per heavy atom. The minimum atomic E-state index is 0.200. The van der Waals surface area contributed by atoms with Crippen LogP contribution in [0.15, 0.2) is 70.9 Å². The molecule has 0 atom stereocenters. The van der Waals surface area contributed by atoms with Gasteiger partial charge in [0.2, 0.25) is 0 Å². The predicted octanol–water partition coefficient (Wildman–Crippen LogP) is 3.72. The molecule has 108 valence electrons. The molecule has 6 heteroatoms. The Hall–Kier alpha value is -3.28. The van der Waals surface area contributed by atoms with Crippen molar-refractivity contribution in [2.75, 3.05) is 11.5 Å². The normalized spacial score (nSPS) is 10.9. The fourth-order valence-electron chi connectivity index (χ4n) is 1.91. The molecule has 0 saturated heterocycles. The minimum Gasteiger partial charge on any atom is -0.382 e. The number of nitrogens with zero attached hydrogens (tertiary/aromatic N) is 4. The summed E-state index contributed by atoms with van der Waals surface area (Å²) in [5, 5.41) is 8.15. The molecule has 0 amide bonds. The number of hydrogen-bond donors (Lipinski definition) is 2. The molecule has 0 aliphatic rings. The van der Waals surface area contributed by atoms with Crippen LogP contribution in [0.3, 0.4) is 0 Å². The standard InChI is InChI=1S/C16H14N6/c17-14-13(22-21-12-9-5-2-6-10-12)15(18)20-16(19-14)11-7-3-1-4-8-11/h1-10H,(H4,17,18,19,20). The topological polar surface area (TPSA) is 103 Å². The van der Waals surface area contributed by atoms with Crippen molar-refractivity contribution < 1.29 is 0 Å². The number of nitrogen functional groups attached to an aromatic ring is 2. The summed E-state index contributed by atoms with van der Waals surface area (Å²) in [6, 6.07) is 18.8. The van der Waals surface area contributed by atoms with Gasteiger partial charge in [-0.3, -0.25) is 0 Å². The fraction of sp³-hybridized carbons (Fsp3) is 0. The Morgan fingerprint density at radius 1 is 0.682 bits per heavy atom. The number of anilines is 2. The van der Waals surface area contributed by atoms with E-state index in [9.17, 15) is 0 Å². The van der Waals surface area contributed by atoms with E-state index in [1.165, 1.54) is 0 Å².